The molecule has 1 N–H and O–H groups in total. The molecule has 2 unspecified atom stereocenters. The van der Waals surface area contributed by atoms with E-state index in [2.05, 4.69) is 20.3 Å². The topological polar surface area (TPSA) is 82.8 Å². The summed E-state index contributed by atoms with van der Waals surface area (Å²) in [6.07, 6.45) is 7.24. The molecule has 0 radical (unpaired) electrons. The van der Waals surface area contributed by atoms with Crippen molar-refractivity contribution in [2.75, 3.05) is 38.1 Å². The molecule has 2 fully saturated rings. The molecule has 4 rings (SSSR count). The number of nitrogens with zero attached hydrogens (tertiary/aromatic N) is 5. The van der Waals surface area contributed by atoms with Crippen LogP contribution in [0.2, 0.25) is 0 Å². The number of imidazole rings is 1. The summed E-state index contributed by atoms with van der Waals surface area (Å²) in [6.45, 7) is 2.82. The molecule has 2 aromatic heterocycles. The Kier molecular flexibility index (Phi) is 4.96. The normalized spacial score (nSPS) is 23.4. The molecule has 2 atom stereocenters. The van der Waals surface area contributed by atoms with Gasteiger partial charge in [0.05, 0.1) is 0 Å². The predicted molar refractivity (Wildman–Crippen MR) is 101 cm³/mol. The third-order valence-electron chi connectivity index (χ3n) is 5.82. The second kappa shape index (κ2) is 7.54. The Morgan fingerprint density at radius 1 is 1.07 bits per heavy atom. The number of aromatic nitrogens is 3. The van der Waals surface area contributed by atoms with Crippen LogP contribution in [0.1, 0.15) is 25.7 Å². The maximum Gasteiger partial charge on any atom is 0.226 e. The van der Waals surface area contributed by atoms with Crippen molar-refractivity contribution in [2.24, 2.45) is 11.8 Å². The van der Waals surface area contributed by atoms with E-state index < -0.39 is 0 Å². The van der Waals surface area contributed by atoms with Gasteiger partial charge in [-0.25, -0.2) is 9.50 Å². The summed E-state index contributed by atoms with van der Waals surface area (Å²) in [4.78, 5) is 33.6. The highest BCUT2D eigenvalue weighted by atomic mass is 16.2. The first kappa shape index (κ1) is 17.8. The van der Waals surface area contributed by atoms with E-state index in [-0.39, 0.29) is 23.7 Å². The first-order valence-electron chi connectivity index (χ1n) is 9.73. The van der Waals surface area contributed by atoms with E-state index in [1.165, 1.54) is 0 Å². The molecule has 8 nitrogen and oxygen atoms in total. The molecule has 2 amide bonds. The molecule has 0 aromatic carbocycles. The number of hydrogen-bond donors (Lipinski definition) is 1. The smallest absolute Gasteiger partial charge is 0.226 e. The van der Waals surface area contributed by atoms with Crippen molar-refractivity contribution in [1.29, 1.82) is 0 Å². The van der Waals surface area contributed by atoms with Crippen molar-refractivity contribution in [3.63, 3.8) is 0 Å². The van der Waals surface area contributed by atoms with Gasteiger partial charge in [0.25, 0.3) is 0 Å². The lowest BCUT2D eigenvalue weighted by Gasteiger charge is -2.39. The lowest BCUT2D eigenvalue weighted by atomic mass is 9.77. The first-order chi connectivity index (χ1) is 13.2. The molecular weight excluding hydrogens is 344 g/mol. The monoisotopic (exact) mass is 370 g/mol. The zero-order valence-electron chi connectivity index (χ0n) is 15.7. The summed E-state index contributed by atoms with van der Waals surface area (Å²) >= 11 is 0. The van der Waals surface area contributed by atoms with E-state index >= 15 is 0 Å². The van der Waals surface area contributed by atoms with Crippen molar-refractivity contribution in [3.05, 3.63) is 24.5 Å². The van der Waals surface area contributed by atoms with Crippen molar-refractivity contribution in [1.82, 2.24) is 24.8 Å². The minimum Gasteiger partial charge on any atom is -0.359 e. The molecule has 1 saturated carbocycles. The third kappa shape index (κ3) is 3.48. The Labute approximate surface area is 158 Å². The first-order valence-corrected chi connectivity index (χ1v) is 9.73. The van der Waals surface area contributed by atoms with Crippen molar-refractivity contribution in [2.45, 2.75) is 25.7 Å². The molecule has 2 aliphatic rings. The summed E-state index contributed by atoms with van der Waals surface area (Å²) in [6, 6.07) is 3.93. The fourth-order valence-corrected chi connectivity index (χ4v) is 4.29. The zero-order valence-corrected chi connectivity index (χ0v) is 15.7. The van der Waals surface area contributed by atoms with Crippen molar-refractivity contribution in [3.8, 4) is 0 Å². The highest BCUT2D eigenvalue weighted by Gasteiger charge is 2.38. The summed E-state index contributed by atoms with van der Waals surface area (Å²) in [7, 11) is 1.65. The molecule has 27 heavy (non-hydrogen) atoms. The number of carbonyl (C=O) groups is 2. The van der Waals surface area contributed by atoms with Crippen molar-refractivity contribution < 1.29 is 9.59 Å². The van der Waals surface area contributed by atoms with Crippen LogP contribution in [-0.2, 0) is 9.59 Å². The Bertz CT molecular complexity index is 826. The number of nitrogens with one attached hydrogen (secondary N) is 1. The van der Waals surface area contributed by atoms with Crippen LogP contribution in [0.25, 0.3) is 5.65 Å². The second-order valence-corrected chi connectivity index (χ2v) is 7.35. The number of fused-ring (bicyclic) bond motifs is 1. The molecule has 3 heterocycles. The molecule has 2 aromatic rings. The Morgan fingerprint density at radius 3 is 2.56 bits per heavy atom. The Hall–Kier alpha value is -2.64. The van der Waals surface area contributed by atoms with Gasteiger partial charge in [0.1, 0.15) is 5.82 Å². The SMILES string of the molecule is CNC(=O)C1CCCCC1C(=O)N1CCN(c2ccc3nccn3n2)CC1. The van der Waals surface area contributed by atoms with E-state index in [4.69, 9.17) is 0 Å². The Morgan fingerprint density at radius 2 is 1.81 bits per heavy atom. The van der Waals surface area contributed by atoms with Gasteiger partial charge in [0.2, 0.25) is 11.8 Å². The van der Waals surface area contributed by atoms with Gasteiger partial charge in [-0.2, -0.15) is 0 Å². The van der Waals surface area contributed by atoms with Crippen LogP contribution in [-0.4, -0.2) is 64.5 Å². The summed E-state index contributed by atoms with van der Waals surface area (Å²) in [5, 5.41) is 7.32. The molecule has 1 saturated heterocycles. The van der Waals surface area contributed by atoms with Gasteiger partial charge in [-0.3, -0.25) is 9.59 Å². The third-order valence-corrected chi connectivity index (χ3v) is 5.82. The average molecular weight is 370 g/mol. The minimum atomic E-state index is -0.181. The van der Waals surface area contributed by atoms with Gasteiger partial charge in [-0.1, -0.05) is 12.8 Å². The largest absolute Gasteiger partial charge is 0.359 e. The van der Waals surface area contributed by atoms with Crippen LogP contribution in [0.5, 0.6) is 0 Å². The fourth-order valence-electron chi connectivity index (χ4n) is 4.29. The quantitative estimate of drug-likeness (QED) is 0.869. The maximum absolute atomic E-state index is 13.1. The van der Waals surface area contributed by atoms with Crippen LogP contribution >= 0.6 is 0 Å². The molecule has 1 aliphatic carbocycles. The molecule has 0 spiro atoms. The van der Waals surface area contributed by atoms with Crippen LogP contribution < -0.4 is 10.2 Å². The van der Waals surface area contributed by atoms with Crippen LogP contribution in [0.15, 0.2) is 24.5 Å². The van der Waals surface area contributed by atoms with E-state index in [0.717, 1.165) is 50.2 Å². The van der Waals surface area contributed by atoms with Gasteiger partial charge >= 0.3 is 0 Å². The van der Waals surface area contributed by atoms with Gasteiger partial charge in [0.15, 0.2) is 5.65 Å². The highest BCUT2D eigenvalue weighted by molar-refractivity contribution is 5.88. The van der Waals surface area contributed by atoms with Crippen molar-refractivity contribution >= 4 is 23.3 Å². The maximum atomic E-state index is 13.1. The summed E-state index contributed by atoms with van der Waals surface area (Å²) in [5.41, 5.74) is 0.824. The molecule has 144 valence electrons. The van der Waals surface area contributed by atoms with E-state index in [1.54, 1.807) is 17.8 Å². The van der Waals surface area contributed by atoms with Gasteiger partial charge in [-0.05, 0) is 25.0 Å². The number of piperazine rings is 1. The second-order valence-electron chi connectivity index (χ2n) is 7.35. The van der Waals surface area contributed by atoms with E-state index in [0.29, 0.717) is 13.1 Å². The Balaban J connectivity index is 1.40. The fraction of sp³-hybridized carbons (Fsp3) is 0.579. The molecule has 8 heteroatoms. The van der Waals surface area contributed by atoms with E-state index in [1.807, 2.05) is 23.2 Å². The lowest BCUT2D eigenvalue weighted by Crippen LogP contribution is -2.52. The van der Waals surface area contributed by atoms with E-state index in [9.17, 15) is 9.59 Å². The molecule has 1 aliphatic heterocycles. The number of carbonyl (C=O) groups excluding carboxylic acids is 2. The number of rotatable bonds is 3. The summed E-state index contributed by atoms with van der Waals surface area (Å²) < 4.78 is 1.77. The average Bonchev–Trinajstić information content (AvgIpc) is 3.20. The standard InChI is InChI=1S/C19H26N6O2/c1-20-18(26)14-4-2-3-5-15(14)19(27)24-12-10-23(11-13-24)17-7-6-16-21-8-9-25(16)22-17/h6-9,14-15H,2-5,10-13H2,1H3,(H,20,26). The number of hydrogen-bond acceptors (Lipinski definition) is 5. The van der Waals surface area contributed by atoms with Gasteiger partial charge < -0.3 is 15.1 Å². The minimum absolute atomic E-state index is 0.00419. The number of amides is 2. The van der Waals surface area contributed by atoms with Crippen LogP contribution in [0, 0.1) is 11.8 Å². The van der Waals surface area contributed by atoms with Gasteiger partial charge in [-0.15, -0.1) is 5.10 Å². The predicted octanol–water partition coefficient (Wildman–Crippen LogP) is 0.930. The molecule has 0 bridgehead atoms. The number of anilines is 1. The zero-order chi connectivity index (χ0) is 18.8. The van der Waals surface area contributed by atoms with Crippen LogP contribution in [0.3, 0.4) is 0 Å². The van der Waals surface area contributed by atoms with Gasteiger partial charge in [0, 0.05) is 57.5 Å². The summed E-state index contributed by atoms with van der Waals surface area (Å²) in [5.74, 6) is 0.685. The van der Waals surface area contributed by atoms with Crippen LogP contribution in [0.4, 0.5) is 5.82 Å². The lowest BCUT2D eigenvalue weighted by molar-refractivity contribution is -0.143. The highest BCUT2D eigenvalue weighted by Crippen LogP contribution is 2.32. The molecular formula is C19H26N6O2.